The first kappa shape index (κ1) is 82.4. The van der Waals surface area contributed by atoms with E-state index < -0.39 is 183 Å². The highest BCUT2D eigenvalue weighted by Gasteiger charge is 2.41. The minimum Gasteiger partial charge on any atom is -0.453 e. The summed E-state index contributed by atoms with van der Waals surface area (Å²) in [4.78, 5) is 172. The fourth-order valence-electron chi connectivity index (χ4n) is 9.51. The van der Waals surface area contributed by atoms with Crippen LogP contribution in [0, 0.1) is 23.7 Å². The molecule has 0 saturated carbocycles. The Labute approximate surface area is 553 Å². The summed E-state index contributed by atoms with van der Waals surface area (Å²) in [6.07, 6.45) is -3.95. The summed E-state index contributed by atoms with van der Waals surface area (Å²) < 4.78 is 5.69. The first-order chi connectivity index (χ1) is 44.3. The van der Waals surface area contributed by atoms with Gasteiger partial charge in [-0.15, -0.1) is 0 Å². The number of esters is 1. The Morgan fingerprint density at radius 2 is 1.18 bits per heavy atom. The number of guanidine groups is 1. The van der Waals surface area contributed by atoms with Crippen molar-refractivity contribution >= 4 is 85.0 Å². The maximum Gasteiger partial charge on any atom is 0.331 e. The molecule has 34 heteroatoms. The van der Waals surface area contributed by atoms with Crippen molar-refractivity contribution in [2.24, 2.45) is 57.3 Å². The van der Waals surface area contributed by atoms with Crippen molar-refractivity contribution in [1.29, 1.82) is 0 Å². The van der Waals surface area contributed by atoms with Crippen molar-refractivity contribution in [3.63, 3.8) is 0 Å². The number of aliphatic imine (C=N–C) groups is 1. The normalized spacial score (nSPS) is 16.2. The zero-order valence-electron chi connectivity index (χ0n) is 55.8. The van der Waals surface area contributed by atoms with Gasteiger partial charge in [-0.05, 0) is 67.2 Å². The molecule has 2 rings (SSSR count). The smallest absolute Gasteiger partial charge is 0.331 e. The third-order valence-corrected chi connectivity index (χ3v) is 16.7. The Hall–Kier alpha value is -8.70. The Morgan fingerprint density at radius 3 is 1.71 bits per heavy atom. The number of hydrogen-bond acceptors (Lipinski definition) is 20. The molecule has 95 heavy (non-hydrogen) atoms. The van der Waals surface area contributed by atoms with E-state index in [-0.39, 0.29) is 62.0 Å². The Morgan fingerprint density at radius 1 is 0.621 bits per heavy atom. The number of aliphatic hydroxyl groups is 4. The number of nitrogens with one attached hydrogen (secondary N) is 9. The second-order valence-corrected chi connectivity index (χ2v) is 30.9. The van der Waals surface area contributed by atoms with Gasteiger partial charge in [-0.3, -0.25) is 62.7 Å². The molecule has 23 N–H and O–H groups in total. The predicted molar refractivity (Wildman–Crippen MR) is 350 cm³/mol. The van der Waals surface area contributed by atoms with Crippen LogP contribution < -0.4 is 76.5 Å². The van der Waals surface area contributed by atoms with Crippen LogP contribution in [0.3, 0.4) is 0 Å². The molecule has 0 aliphatic rings. The first-order valence-corrected chi connectivity index (χ1v) is 34.9. The third-order valence-electron chi connectivity index (χ3n) is 15.0. The molecular weight excluding hydrogens is 1260 g/mol. The number of pyridine rings is 1. The monoisotopic (exact) mass is 1360 g/mol. The van der Waals surface area contributed by atoms with Gasteiger partial charge in [0.2, 0.25) is 65.0 Å². The first-order valence-electron chi connectivity index (χ1n) is 31.2. The number of nitrogens with zero attached hydrogens (tertiary/aromatic N) is 2. The molecule has 0 saturated heterocycles. The number of primary amides is 2. The average Bonchev–Trinajstić information content (AvgIpc) is 0.855. The van der Waals surface area contributed by atoms with Gasteiger partial charge in [0.15, 0.2) is 24.2 Å². The minimum atomic E-state index is -2.56. The van der Waals surface area contributed by atoms with E-state index in [0.717, 1.165) is 6.92 Å². The van der Waals surface area contributed by atoms with E-state index in [1.807, 2.05) is 30.3 Å². The van der Waals surface area contributed by atoms with Gasteiger partial charge in [-0.25, -0.2) is 4.79 Å². The van der Waals surface area contributed by atoms with Crippen molar-refractivity contribution in [1.82, 2.24) is 52.8 Å². The van der Waals surface area contributed by atoms with Gasteiger partial charge in [0.1, 0.15) is 42.3 Å². The highest BCUT2D eigenvalue weighted by Crippen LogP contribution is 2.24. The van der Waals surface area contributed by atoms with Crippen LogP contribution >= 0.6 is 0 Å². The van der Waals surface area contributed by atoms with Gasteiger partial charge in [0, 0.05) is 33.4 Å². The number of carbonyl (C=O) groups is 12. The summed E-state index contributed by atoms with van der Waals surface area (Å²) in [5, 5.41) is 64.2. The van der Waals surface area contributed by atoms with Crippen LogP contribution in [0.25, 0.3) is 0 Å². The van der Waals surface area contributed by atoms with Crippen LogP contribution in [0.1, 0.15) is 98.3 Å². The Bertz CT molecular complexity index is 2940. The summed E-state index contributed by atoms with van der Waals surface area (Å²) in [7, 11) is -1.90. The molecule has 2 unspecified atom stereocenters. The van der Waals surface area contributed by atoms with E-state index in [2.05, 4.69) is 47.2 Å². The van der Waals surface area contributed by atoms with Gasteiger partial charge in [0.25, 0.3) is 0 Å². The maximum absolute atomic E-state index is 14.2. The summed E-state index contributed by atoms with van der Waals surface area (Å²) in [6.45, 7) is 16.6. The molecule has 1 aromatic carbocycles. The number of rotatable bonds is 41. The largest absolute Gasteiger partial charge is 0.453 e. The molecule has 0 spiro atoms. The van der Waals surface area contributed by atoms with E-state index >= 15 is 0 Å². The number of amides is 11. The van der Waals surface area contributed by atoms with Gasteiger partial charge in [-0.2, -0.15) is 0 Å². The number of carbonyl (C=O) groups excluding carboxylic acids is 12. The molecule has 0 aliphatic carbocycles. The molecule has 0 aliphatic heterocycles. The van der Waals surface area contributed by atoms with Crippen molar-refractivity contribution < 1.29 is 82.7 Å². The van der Waals surface area contributed by atoms with E-state index in [1.165, 1.54) is 43.6 Å². The van der Waals surface area contributed by atoms with Crippen molar-refractivity contribution in [3.8, 4) is 0 Å². The molecular formula is C61H100N16O17Si. The molecule has 11 amide bonds. The topological polar surface area (TPSA) is 559 Å². The molecule has 0 bridgehead atoms. The molecule has 2 aromatic rings. The van der Waals surface area contributed by atoms with Crippen LogP contribution in [0.2, 0.25) is 25.7 Å². The van der Waals surface area contributed by atoms with Gasteiger partial charge >= 0.3 is 5.97 Å². The van der Waals surface area contributed by atoms with Crippen molar-refractivity contribution in [2.75, 3.05) is 19.7 Å². The average molecular weight is 1360 g/mol. The molecule has 0 fully saturated rings. The lowest BCUT2D eigenvalue weighted by Gasteiger charge is -2.30. The van der Waals surface area contributed by atoms with E-state index in [9.17, 15) is 78.0 Å². The number of nitrogens with two attached hydrogens (primary N) is 5. The number of ether oxygens (including phenoxy) is 1. The third kappa shape index (κ3) is 28.4. The quantitative estimate of drug-likeness (QED) is 0.00975. The highest BCUT2D eigenvalue weighted by atomic mass is 28.3. The predicted octanol–water partition coefficient (Wildman–Crippen LogP) is -4.93. The number of benzene rings is 1. The second kappa shape index (κ2) is 39.9. The molecule has 530 valence electrons. The Kier molecular flexibility index (Phi) is 34.6. The van der Waals surface area contributed by atoms with E-state index in [1.54, 1.807) is 59.7 Å². The summed E-state index contributed by atoms with van der Waals surface area (Å²) in [5.74, 6) is -15.6. The zero-order chi connectivity index (χ0) is 72.2. The zero-order valence-corrected chi connectivity index (χ0v) is 56.8. The lowest BCUT2D eigenvalue weighted by Crippen LogP contribution is -2.62. The summed E-state index contributed by atoms with van der Waals surface area (Å²) in [5.41, 5.74) is 28.9. The second-order valence-electron chi connectivity index (χ2n) is 25.3. The van der Waals surface area contributed by atoms with Crippen LogP contribution in [-0.2, 0) is 68.7 Å². The lowest BCUT2D eigenvalue weighted by atomic mass is 9.93. The number of aromatic nitrogens is 1. The molecule has 1 heterocycles. The van der Waals surface area contributed by atoms with Crippen molar-refractivity contribution in [3.05, 3.63) is 66.0 Å². The van der Waals surface area contributed by atoms with E-state index in [4.69, 9.17) is 33.4 Å². The lowest BCUT2D eigenvalue weighted by molar-refractivity contribution is -0.158. The molecule has 1 aromatic heterocycles. The minimum absolute atomic E-state index is 0.0247. The molecule has 0 radical (unpaired) electrons. The van der Waals surface area contributed by atoms with Gasteiger partial charge < -0.3 is 102 Å². The Balaban J connectivity index is 2.39. The fourth-order valence-corrected chi connectivity index (χ4v) is 11.0. The maximum atomic E-state index is 14.2. The molecule has 15 atom stereocenters. The number of aliphatic hydroxyl groups excluding tert-OH is 4. The van der Waals surface area contributed by atoms with Gasteiger partial charge in [-0.1, -0.05) is 111 Å². The summed E-state index contributed by atoms with van der Waals surface area (Å²) >= 11 is 0. The van der Waals surface area contributed by atoms with E-state index in [0.29, 0.717) is 11.6 Å². The number of hydrogen-bond donors (Lipinski definition) is 18. The fraction of sp³-hybridized carbons (Fsp3) is 0.607. The van der Waals surface area contributed by atoms with Crippen LogP contribution in [0.15, 0.2) is 59.9 Å². The SMILES string of the molecule is CC[C@H](C)C(NC(=O)[C@@H](CCCN=C(N)N)NC(=O)[C@H](CC(C)C)NC(=O)[C@@H](C)[C@H](O)C(C)C)C(=O)NC(C(=O)NCC(=O)N[C@H](C(=O)N[C@@H](CO)C(=O)O[C@H](c1ccccc1)[C@H](NC(=O)[C@H](Cc1cccnc1)NC(=O)[C@H](N)C[Si](C)(C)C)C(N)=O)[C@H](O)C(N)=O)[C@H](C)O. The van der Waals surface area contributed by atoms with Crippen LogP contribution in [0.4, 0.5) is 0 Å². The summed E-state index contributed by atoms with van der Waals surface area (Å²) in [6, 6.07) is -3.88. The van der Waals surface area contributed by atoms with Crippen molar-refractivity contribution in [2.45, 2.75) is 192 Å². The van der Waals surface area contributed by atoms with Crippen LogP contribution in [0.5, 0.6) is 0 Å². The highest BCUT2D eigenvalue weighted by molar-refractivity contribution is 6.76. The standard InChI is InChI=1S/C61H100N16O17Si/c1-12-32(6)43(75-54(87)38(21-17-23-68-61(65)66)70-55(88)39(24-30(2)3)71-52(85)33(7)47(81)31(4)5)58(91)76-44(34(8)79)57(90)69-27-42(80)74-45(48(82)51(64)84)59(92)73-41(28-78)60(93)94-49(36-19-14-13-15-20-36)46(50(63)83)77-56(89)40(25-35-18-16-22-67-26-35)72-53(86)37(62)29-95(9,10)11/h13-16,18-20,22,26,30-34,37-41,43-49,78-79,81-82H,12,17,21,23-25,27-29,62H2,1-11H3,(H2,63,83)(H2,64,84)(H,69,90)(H,70,88)(H,71,85)(H,72,86)(H,73,92)(H,74,80)(H,75,87)(H,76,91)(H,77,89)(H4,65,66,68)/t32-,33-,34-,37+,38+,39-,40-,41-,43?,44?,45-,46-,47+,48-,49+/m0/s1. The molecule has 33 nitrogen and oxygen atoms in total. The van der Waals surface area contributed by atoms with Crippen LogP contribution in [-0.4, -0.2) is 203 Å². The van der Waals surface area contributed by atoms with Gasteiger partial charge in [0.05, 0.1) is 37.3 Å².